The minimum Gasteiger partial charge on any atom is -0.312 e. The summed E-state index contributed by atoms with van der Waals surface area (Å²) in [6, 6.07) is 9.47. The van der Waals surface area contributed by atoms with Crippen molar-refractivity contribution in [3.8, 4) is 0 Å². The summed E-state index contributed by atoms with van der Waals surface area (Å²) in [6.07, 6.45) is 3.81. The monoisotopic (exact) mass is 386 g/mol. The fourth-order valence-corrected chi connectivity index (χ4v) is 3.55. The third-order valence-electron chi connectivity index (χ3n) is 4.58. The van der Waals surface area contributed by atoms with Gasteiger partial charge in [-0.05, 0) is 93.0 Å². The highest BCUT2D eigenvalue weighted by molar-refractivity contribution is 14.1. The molecule has 0 radical (unpaired) electrons. The molecule has 1 aliphatic heterocycles. The molecule has 1 aliphatic rings. The van der Waals surface area contributed by atoms with Gasteiger partial charge in [0, 0.05) is 15.2 Å². The van der Waals surface area contributed by atoms with Gasteiger partial charge in [-0.15, -0.1) is 0 Å². The molecule has 0 amide bonds. The number of benzene rings is 1. The summed E-state index contributed by atoms with van der Waals surface area (Å²) in [5.41, 5.74) is 1.65. The lowest BCUT2D eigenvalue weighted by atomic mass is 9.87. The van der Waals surface area contributed by atoms with Crippen LogP contribution in [0, 0.1) is 3.57 Å². The predicted octanol–water partition coefficient (Wildman–Crippen LogP) is 3.69. The smallest absolute Gasteiger partial charge is 0.0309 e. The Bertz CT molecular complexity index is 408. The number of nitrogens with one attached hydrogen (secondary N) is 1. The van der Waals surface area contributed by atoms with Crippen LogP contribution < -0.4 is 5.32 Å². The molecule has 1 saturated heterocycles. The molecule has 1 fully saturated rings. The highest BCUT2D eigenvalue weighted by atomic mass is 127. The summed E-state index contributed by atoms with van der Waals surface area (Å²) in [5, 5.41) is 3.72. The third-order valence-corrected chi connectivity index (χ3v) is 5.30. The SMILES string of the molecule is CCNC(Cc1ccc(I)cc1)C(C)(C)N1CCCC1. The Labute approximate surface area is 137 Å². The molecule has 0 aliphatic carbocycles. The van der Waals surface area contributed by atoms with Crippen LogP contribution in [-0.4, -0.2) is 36.1 Å². The fourth-order valence-electron chi connectivity index (χ4n) is 3.19. The van der Waals surface area contributed by atoms with Crippen molar-refractivity contribution in [3.63, 3.8) is 0 Å². The number of rotatable bonds is 6. The molecule has 3 heteroatoms. The summed E-state index contributed by atoms with van der Waals surface area (Å²) >= 11 is 2.37. The van der Waals surface area contributed by atoms with Crippen molar-refractivity contribution < 1.29 is 0 Å². The van der Waals surface area contributed by atoms with E-state index in [0.717, 1.165) is 13.0 Å². The van der Waals surface area contributed by atoms with Crippen LogP contribution in [-0.2, 0) is 6.42 Å². The second kappa shape index (κ2) is 7.23. The Morgan fingerprint density at radius 1 is 1.20 bits per heavy atom. The molecule has 0 aromatic heterocycles. The third kappa shape index (κ3) is 3.95. The van der Waals surface area contributed by atoms with Crippen LogP contribution in [0.3, 0.4) is 0 Å². The van der Waals surface area contributed by atoms with Gasteiger partial charge in [0.25, 0.3) is 0 Å². The standard InChI is InChI=1S/C17H27IN2/c1-4-19-16(13-14-7-9-15(18)10-8-14)17(2,3)20-11-5-6-12-20/h7-10,16,19H,4-6,11-13H2,1-3H3. The summed E-state index contributed by atoms with van der Waals surface area (Å²) in [6.45, 7) is 10.5. The van der Waals surface area contributed by atoms with Crippen LogP contribution in [0.2, 0.25) is 0 Å². The topological polar surface area (TPSA) is 15.3 Å². The average Bonchev–Trinajstić information content (AvgIpc) is 2.95. The Balaban J connectivity index is 2.10. The van der Waals surface area contributed by atoms with Gasteiger partial charge in [0.2, 0.25) is 0 Å². The molecule has 0 saturated carbocycles. The van der Waals surface area contributed by atoms with E-state index < -0.39 is 0 Å². The predicted molar refractivity (Wildman–Crippen MR) is 95.2 cm³/mol. The van der Waals surface area contributed by atoms with E-state index in [-0.39, 0.29) is 5.54 Å². The fraction of sp³-hybridized carbons (Fsp3) is 0.647. The summed E-state index contributed by atoms with van der Waals surface area (Å²) in [4.78, 5) is 2.66. The van der Waals surface area contributed by atoms with Crippen LogP contribution in [0.4, 0.5) is 0 Å². The van der Waals surface area contributed by atoms with Crippen molar-refractivity contribution in [2.75, 3.05) is 19.6 Å². The van der Waals surface area contributed by atoms with E-state index >= 15 is 0 Å². The van der Waals surface area contributed by atoms with Gasteiger partial charge in [0.15, 0.2) is 0 Å². The van der Waals surface area contributed by atoms with Gasteiger partial charge in [-0.2, -0.15) is 0 Å². The summed E-state index contributed by atoms with van der Waals surface area (Å²) in [7, 11) is 0. The molecule has 1 atom stereocenters. The first-order chi connectivity index (χ1) is 9.54. The van der Waals surface area contributed by atoms with Crippen LogP contribution in [0.25, 0.3) is 0 Å². The van der Waals surface area contributed by atoms with Crippen LogP contribution in [0.15, 0.2) is 24.3 Å². The molecule has 1 aromatic rings. The number of halogens is 1. The molecule has 1 heterocycles. The van der Waals surface area contributed by atoms with Crippen molar-refractivity contribution in [1.29, 1.82) is 0 Å². The van der Waals surface area contributed by atoms with E-state index in [4.69, 9.17) is 0 Å². The van der Waals surface area contributed by atoms with Gasteiger partial charge in [-0.3, -0.25) is 4.90 Å². The van der Waals surface area contributed by atoms with Gasteiger partial charge in [0.1, 0.15) is 0 Å². The Morgan fingerprint density at radius 3 is 2.35 bits per heavy atom. The molecule has 112 valence electrons. The Hall–Kier alpha value is -0.130. The largest absolute Gasteiger partial charge is 0.312 e. The highest BCUT2D eigenvalue weighted by Gasteiger charge is 2.36. The molecular weight excluding hydrogens is 359 g/mol. The van der Waals surface area contributed by atoms with E-state index in [1.54, 1.807) is 0 Å². The van der Waals surface area contributed by atoms with E-state index in [0.29, 0.717) is 6.04 Å². The minimum absolute atomic E-state index is 0.218. The van der Waals surface area contributed by atoms with Gasteiger partial charge >= 0.3 is 0 Å². The first kappa shape index (κ1) is 16.2. The zero-order valence-corrected chi connectivity index (χ0v) is 15.1. The van der Waals surface area contributed by atoms with Crippen molar-refractivity contribution in [3.05, 3.63) is 33.4 Å². The quantitative estimate of drug-likeness (QED) is 0.751. The van der Waals surface area contributed by atoms with Gasteiger partial charge < -0.3 is 5.32 Å². The number of hydrogen-bond acceptors (Lipinski definition) is 2. The lowest BCUT2D eigenvalue weighted by Crippen LogP contribution is -2.57. The molecule has 0 bridgehead atoms. The first-order valence-electron chi connectivity index (χ1n) is 7.77. The first-order valence-corrected chi connectivity index (χ1v) is 8.84. The number of hydrogen-bond donors (Lipinski definition) is 1. The molecule has 1 unspecified atom stereocenters. The number of nitrogens with zero attached hydrogens (tertiary/aromatic N) is 1. The van der Waals surface area contributed by atoms with E-state index in [2.05, 4.69) is 77.8 Å². The summed E-state index contributed by atoms with van der Waals surface area (Å²) in [5.74, 6) is 0. The maximum atomic E-state index is 3.72. The lowest BCUT2D eigenvalue weighted by molar-refractivity contribution is 0.107. The van der Waals surface area contributed by atoms with E-state index in [9.17, 15) is 0 Å². The highest BCUT2D eigenvalue weighted by Crippen LogP contribution is 2.26. The second-order valence-corrected chi connectivity index (χ2v) is 7.53. The van der Waals surface area contributed by atoms with Gasteiger partial charge in [0.05, 0.1) is 0 Å². The average molecular weight is 386 g/mol. The van der Waals surface area contributed by atoms with E-state index in [1.165, 1.54) is 35.1 Å². The van der Waals surface area contributed by atoms with Crippen molar-refractivity contribution in [2.24, 2.45) is 0 Å². The summed E-state index contributed by atoms with van der Waals surface area (Å²) < 4.78 is 1.31. The number of likely N-dealkylation sites (tertiary alicyclic amines) is 1. The molecule has 1 aromatic carbocycles. The lowest BCUT2D eigenvalue weighted by Gasteiger charge is -2.42. The van der Waals surface area contributed by atoms with Crippen molar-refractivity contribution >= 4 is 22.6 Å². The maximum absolute atomic E-state index is 3.72. The Morgan fingerprint density at radius 2 is 1.80 bits per heavy atom. The molecular formula is C17H27IN2. The molecule has 2 nitrogen and oxygen atoms in total. The van der Waals surface area contributed by atoms with Crippen molar-refractivity contribution in [2.45, 2.75) is 51.6 Å². The van der Waals surface area contributed by atoms with Gasteiger partial charge in [-0.25, -0.2) is 0 Å². The zero-order chi connectivity index (χ0) is 14.6. The minimum atomic E-state index is 0.218. The van der Waals surface area contributed by atoms with Crippen LogP contribution >= 0.6 is 22.6 Å². The van der Waals surface area contributed by atoms with Gasteiger partial charge in [-0.1, -0.05) is 19.1 Å². The molecule has 2 rings (SSSR count). The van der Waals surface area contributed by atoms with Crippen LogP contribution in [0.5, 0.6) is 0 Å². The molecule has 0 spiro atoms. The molecule has 1 N–H and O–H groups in total. The van der Waals surface area contributed by atoms with Crippen LogP contribution in [0.1, 0.15) is 39.2 Å². The number of likely N-dealkylation sites (N-methyl/N-ethyl adjacent to an activating group) is 1. The normalized spacial score (nSPS) is 18.4. The Kier molecular flexibility index (Phi) is 5.87. The van der Waals surface area contributed by atoms with E-state index in [1.807, 2.05) is 0 Å². The maximum Gasteiger partial charge on any atom is 0.0309 e. The second-order valence-electron chi connectivity index (χ2n) is 6.29. The van der Waals surface area contributed by atoms with Crippen molar-refractivity contribution in [1.82, 2.24) is 10.2 Å². The zero-order valence-electron chi connectivity index (χ0n) is 13.0. The molecule has 20 heavy (non-hydrogen) atoms.